The number of anilines is 1. The summed E-state index contributed by atoms with van der Waals surface area (Å²) in [4.78, 5) is 12.9. The first-order valence-electron chi connectivity index (χ1n) is 8.92. The van der Waals surface area contributed by atoms with Crippen LogP contribution in [-0.2, 0) is 10.0 Å². The zero-order valence-electron chi connectivity index (χ0n) is 16.8. The summed E-state index contributed by atoms with van der Waals surface area (Å²) in [5, 5.41) is 2.78. The highest BCUT2D eigenvalue weighted by Crippen LogP contribution is 2.27. The van der Waals surface area contributed by atoms with Gasteiger partial charge in [0.05, 0.1) is 24.7 Å². The van der Waals surface area contributed by atoms with Gasteiger partial charge < -0.3 is 14.8 Å². The molecule has 152 valence electrons. The quantitative estimate of drug-likeness (QED) is 0.727. The van der Waals surface area contributed by atoms with Crippen molar-refractivity contribution in [2.75, 3.05) is 32.6 Å². The Bertz CT molecular complexity index is 953. The lowest BCUT2D eigenvalue weighted by molar-refractivity contribution is 0.102. The second-order valence-corrected chi connectivity index (χ2v) is 8.02. The second kappa shape index (κ2) is 9.07. The highest BCUT2D eigenvalue weighted by Gasteiger charge is 2.23. The van der Waals surface area contributed by atoms with Crippen molar-refractivity contribution < 1.29 is 22.7 Å². The first kappa shape index (κ1) is 21.7. The van der Waals surface area contributed by atoms with Crippen LogP contribution in [-0.4, -0.2) is 45.9 Å². The molecular formula is C20H26N2O5S. The molecule has 1 amide bonds. The lowest BCUT2D eigenvalue weighted by Gasteiger charge is -2.19. The molecule has 0 saturated carbocycles. The van der Waals surface area contributed by atoms with Gasteiger partial charge in [-0.1, -0.05) is 19.9 Å². The first-order valence-corrected chi connectivity index (χ1v) is 10.4. The Kier molecular flexibility index (Phi) is 7.04. The molecule has 1 N–H and O–H groups in total. The predicted molar refractivity (Wildman–Crippen MR) is 109 cm³/mol. The summed E-state index contributed by atoms with van der Waals surface area (Å²) < 4.78 is 37.3. The van der Waals surface area contributed by atoms with Crippen LogP contribution in [0.15, 0.2) is 41.3 Å². The third kappa shape index (κ3) is 4.45. The number of sulfonamides is 1. The number of carbonyl (C=O) groups excluding carboxylic acids is 1. The van der Waals surface area contributed by atoms with Crippen LogP contribution in [0.4, 0.5) is 5.69 Å². The summed E-state index contributed by atoms with van der Waals surface area (Å²) in [6, 6.07) is 9.60. The molecule has 0 unspecified atom stereocenters. The van der Waals surface area contributed by atoms with Crippen LogP contribution >= 0.6 is 0 Å². The topological polar surface area (TPSA) is 84.9 Å². The van der Waals surface area contributed by atoms with Crippen LogP contribution in [0.5, 0.6) is 11.5 Å². The molecule has 0 aliphatic carbocycles. The average molecular weight is 407 g/mol. The van der Waals surface area contributed by atoms with Crippen molar-refractivity contribution in [1.29, 1.82) is 0 Å². The molecule has 28 heavy (non-hydrogen) atoms. The highest BCUT2D eigenvalue weighted by atomic mass is 32.2. The molecule has 0 radical (unpaired) electrons. The number of benzene rings is 2. The van der Waals surface area contributed by atoms with Gasteiger partial charge in [-0.05, 0) is 42.8 Å². The molecule has 2 aromatic rings. The van der Waals surface area contributed by atoms with Crippen molar-refractivity contribution in [3.63, 3.8) is 0 Å². The molecule has 8 heteroatoms. The maximum absolute atomic E-state index is 12.8. The molecule has 0 fully saturated rings. The van der Waals surface area contributed by atoms with E-state index in [0.29, 0.717) is 35.8 Å². The van der Waals surface area contributed by atoms with E-state index in [1.165, 1.54) is 24.6 Å². The molecule has 0 heterocycles. The van der Waals surface area contributed by atoms with Crippen LogP contribution in [0.25, 0.3) is 0 Å². The summed E-state index contributed by atoms with van der Waals surface area (Å²) in [5.41, 5.74) is 1.45. The molecule has 0 aliphatic heterocycles. The van der Waals surface area contributed by atoms with Crippen molar-refractivity contribution in [1.82, 2.24) is 4.31 Å². The third-order valence-corrected chi connectivity index (χ3v) is 6.50. The van der Waals surface area contributed by atoms with Crippen molar-refractivity contribution in [3.05, 3.63) is 47.5 Å². The molecule has 0 aromatic heterocycles. The van der Waals surface area contributed by atoms with Crippen LogP contribution in [0.3, 0.4) is 0 Å². The Morgan fingerprint density at radius 3 is 2.29 bits per heavy atom. The molecular weight excluding hydrogens is 380 g/mol. The number of nitrogens with one attached hydrogen (secondary N) is 1. The van der Waals surface area contributed by atoms with Gasteiger partial charge in [0.15, 0.2) is 0 Å². The van der Waals surface area contributed by atoms with E-state index < -0.39 is 15.9 Å². The Balaban J connectivity index is 2.41. The van der Waals surface area contributed by atoms with Gasteiger partial charge >= 0.3 is 0 Å². The number of methoxy groups -OCH3 is 2. The van der Waals surface area contributed by atoms with E-state index in [-0.39, 0.29) is 4.90 Å². The zero-order chi connectivity index (χ0) is 20.9. The van der Waals surface area contributed by atoms with E-state index in [1.54, 1.807) is 51.1 Å². The molecule has 0 atom stereocenters. The molecule has 0 bridgehead atoms. The fraction of sp³-hybridized carbons (Fsp3) is 0.350. The fourth-order valence-electron chi connectivity index (χ4n) is 2.79. The largest absolute Gasteiger partial charge is 0.497 e. The molecule has 2 aromatic carbocycles. The maximum Gasteiger partial charge on any atom is 0.259 e. The number of rotatable bonds is 8. The van der Waals surface area contributed by atoms with E-state index in [9.17, 15) is 13.2 Å². The minimum Gasteiger partial charge on any atom is -0.497 e. The predicted octanol–water partition coefficient (Wildman–Crippen LogP) is 3.30. The Hall–Kier alpha value is -2.58. The summed E-state index contributed by atoms with van der Waals surface area (Å²) in [6.07, 6.45) is 0. The highest BCUT2D eigenvalue weighted by molar-refractivity contribution is 7.89. The lowest BCUT2D eigenvalue weighted by atomic mass is 10.1. The standard InChI is InChI=1S/C20H26N2O5S/c1-6-22(7-2)28(24,25)16-10-8-14(3)18(13-16)21-20(23)17-12-15(26-4)9-11-19(17)27-5/h8-13H,6-7H2,1-5H3,(H,21,23). The third-order valence-electron chi connectivity index (χ3n) is 4.45. The van der Waals surface area contributed by atoms with Gasteiger partial charge in [0.2, 0.25) is 10.0 Å². The zero-order valence-corrected chi connectivity index (χ0v) is 17.6. The minimum atomic E-state index is -3.63. The van der Waals surface area contributed by atoms with Gasteiger partial charge in [-0.3, -0.25) is 4.79 Å². The number of amides is 1. The number of carbonyl (C=O) groups is 1. The molecule has 0 aliphatic rings. The SMILES string of the molecule is CCN(CC)S(=O)(=O)c1ccc(C)c(NC(=O)c2cc(OC)ccc2OC)c1. The normalized spacial score (nSPS) is 11.4. The van der Waals surface area contributed by atoms with Crippen molar-refractivity contribution in [2.24, 2.45) is 0 Å². The molecule has 7 nitrogen and oxygen atoms in total. The number of nitrogens with zero attached hydrogens (tertiary/aromatic N) is 1. The summed E-state index contributed by atoms with van der Waals surface area (Å²) in [6.45, 7) is 6.11. The summed E-state index contributed by atoms with van der Waals surface area (Å²) in [5.74, 6) is 0.486. The van der Waals surface area contributed by atoms with E-state index in [0.717, 1.165) is 5.56 Å². The minimum absolute atomic E-state index is 0.134. The van der Waals surface area contributed by atoms with Crippen LogP contribution < -0.4 is 14.8 Å². The monoisotopic (exact) mass is 406 g/mol. The lowest BCUT2D eigenvalue weighted by Crippen LogP contribution is -2.30. The van der Waals surface area contributed by atoms with Gasteiger partial charge in [0.1, 0.15) is 11.5 Å². The van der Waals surface area contributed by atoms with E-state index in [2.05, 4.69) is 5.32 Å². The van der Waals surface area contributed by atoms with E-state index in [4.69, 9.17) is 9.47 Å². The van der Waals surface area contributed by atoms with E-state index >= 15 is 0 Å². The number of aryl methyl sites for hydroxylation is 1. The first-order chi connectivity index (χ1) is 13.3. The Morgan fingerprint density at radius 2 is 1.71 bits per heavy atom. The van der Waals surface area contributed by atoms with Crippen molar-refractivity contribution in [2.45, 2.75) is 25.7 Å². The Morgan fingerprint density at radius 1 is 1.04 bits per heavy atom. The molecule has 0 spiro atoms. The summed E-state index contributed by atoms with van der Waals surface area (Å²) >= 11 is 0. The van der Waals surface area contributed by atoms with Gasteiger partial charge in [-0.2, -0.15) is 4.31 Å². The number of hydrogen-bond acceptors (Lipinski definition) is 5. The molecule has 2 rings (SSSR count). The van der Waals surface area contributed by atoms with Crippen LogP contribution in [0.1, 0.15) is 29.8 Å². The fourth-order valence-corrected chi connectivity index (χ4v) is 4.27. The number of hydrogen-bond donors (Lipinski definition) is 1. The van der Waals surface area contributed by atoms with Gasteiger partial charge in [0, 0.05) is 18.8 Å². The van der Waals surface area contributed by atoms with Crippen LogP contribution in [0.2, 0.25) is 0 Å². The van der Waals surface area contributed by atoms with Crippen molar-refractivity contribution >= 4 is 21.6 Å². The smallest absolute Gasteiger partial charge is 0.259 e. The average Bonchev–Trinajstić information content (AvgIpc) is 2.69. The number of ether oxygens (including phenoxy) is 2. The molecule has 0 saturated heterocycles. The van der Waals surface area contributed by atoms with Crippen molar-refractivity contribution in [3.8, 4) is 11.5 Å². The maximum atomic E-state index is 12.8. The van der Waals surface area contributed by atoms with Crippen LogP contribution in [0, 0.1) is 6.92 Å². The summed E-state index contributed by atoms with van der Waals surface area (Å²) in [7, 11) is -0.645. The van der Waals surface area contributed by atoms with Gasteiger partial charge in [0.25, 0.3) is 5.91 Å². The van der Waals surface area contributed by atoms with Gasteiger partial charge in [-0.25, -0.2) is 8.42 Å². The van der Waals surface area contributed by atoms with E-state index in [1.807, 2.05) is 0 Å². The van der Waals surface area contributed by atoms with Gasteiger partial charge in [-0.15, -0.1) is 0 Å². The second-order valence-electron chi connectivity index (χ2n) is 6.09. The Labute approximate surface area is 166 Å².